The summed E-state index contributed by atoms with van der Waals surface area (Å²) in [6, 6.07) is 7.41. The molecule has 1 heterocycles. The van der Waals surface area contributed by atoms with E-state index in [1.165, 1.54) is 19.3 Å². The van der Waals surface area contributed by atoms with Crippen LogP contribution in [0, 0.1) is 5.92 Å². The van der Waals surface area contributed by atoms with Gasteiger partial charge >= 0.3 is 0 Å². The van der Waals surface area contributed by atoms with Gasteiger partial charge < -0.3 is 14.9 Å². The topological polar surface area (TPSA) is 73.3 Å². The lowest BCUT2D eigenvalue weighted by molar-refractivity contribution is -0.109. The number of nitrogens with two attached hydrogens (primary N) is 1. The number of fused-ring (bicyclic) bond motifs is 1. The summed E-state index contributed by atoms with van der Waals surface area (Å²) in [5.74, 6) is -0.261. The normalized spacial score (nSPS) is 17.5. The zero-order valence-corrected chi connectivity index (χ0v) is 12.6. The van der Waals surface area contributed by atoms with Gasteiger partial charge in [0, 0.05) is 16.9 Å². The Hall–Kier alpha value is -2.10. The summed E-state index contributed by atoms with van der Waals surface area (Å²) < 4.78 is 5.60. The van der Waals surface area contributed by atoms with Crippen molar-refractivity contribution in [3.05, 3.63) is 35.6 Å². The van der Waals surface area contributed by atoms with Crippen molar-refractivity contribution in [3.8, 4) is 0 Å². The zero-order valence-electron chi connectivity index (χ0n) is 12.6. The number of benzene rings is 1. The molecule has 1 atom stereocenters. The van der Waals surface area contributed by atoms with Gasteiger partial charge in [-0.2, -0.15) is 0 Å². The number of rotatable bonds is 5. The van der Waals surface area contributed by atoms with Crippen LogP contribution in [0.5, 0.6) is 0 Å². The quantitative estimate of drug-likeness (QED) is 0.854. The average molecular weight is 299 g/mol. The first kappa shape index (κ1) is 14.8. The summed E-state index contributed by atoms with van der Waals surface area (Å²) in [5.41, 5.74) is 6.74. The van der Waals surface area contributed by atoms with Crippen LogP contribution in [0.3, 0.4) is 0 Å². The van der Waals surface area contributed by atoms with Gasteiger partial charge in [0.1, 0.15) is 11.9 Å². The van der Waals surface area contributed by atoms with Crippen molar-refractivity contribution in [2.75, 3.05) is 0 Å². The Balaban J connectivity index is 1.99. The number of aldehydes is 1. The molecule has 22 heavy (non-hydrogen) atoms. The second kappa shape index (κ2) is 6.34. The fraction of sp³-hybridized carbons (Fsp3) is 0.444. The first-order valence-corrected chi connectivity index (χ1v) is 7.97. The van der Waals surface area contributed by atoms with E-state index in [2.05, 4.69) is 0 Å². The van der Waals surface area contributed by atoms with Gasteiger partial charge in [-0.1, -0.05) is 50.3 Å². The minimum atomic E-state index is -0.610. The predicted octanol–water partition coefficient (Wildman–Crippen LogP) is 3.78. The Morgan fingerprint density at radius 2 is 2.00 bits per heavy atom. The second-order valence-electron chi connectivity index (χ2n) is 6.19. The smallest absolute Gasteiger partial charge is 0.284 e. The van der Waals surface area contributed by atoms with Gasteiger partial charge in [-0.15, -0.1) is 0 Å². The molecule has 0 radical (unpaired) electrons. The van der Waals surface area contributed by atoms with Crippen molar-refractivity contribution in [2.45, 2.75) is 44.4 Å². The van der Waals surface area contributed by atoms with E-state index in [4.69, 9.17) is 10.2 Å². The number of hydrogen-bond donors (Lipinski definition) is 1. The van der Waals surface area contributed by atoms with Crippen LogP contribution in [0.25, 0.3) is 11.0 Å². The van der Waals surface area contributed by atoms with Crippen LogP contribution in [-0.4, -0.2) is 12.2 Å². The van der Waals surface area contributed by atoms with Crippen LogP contribution in [-0.2, 0) is 4.79 Å². The molecule has 1 aliphatic rings. The van der Waals surface area contributed by atoms with Crippen molar-refractivity contribution in [1.82, 2.24) is 0 Å². The Morgan fingerprint density at radius 1 is 1.27 bits per heavy atom. The van der Waals surface area contributed by atoms with Gasteiger partial charge in [0.2, 0.25) is 0 Å². The van der Waals surface area contributed by atoms with E-state index in [0.717, 1.165) is 30.9 Å². The van der Waals surface area contributed by atoms with Crippen LogP contribution >= 0.6 is 0 Å². The molecule has 1 saturated carbocycles. The molecule has 4 heteroatoms. The van der Waals surface area contributed by atoms with E-state index < -0.39 is 5.91 Å². The molecule has 0 saturated heterocycles. The summed E-state index contributed by atoms with van der Waals surface area (Å²) in [4.78, 5) is 23.4. The zero-order chi connectivity index (χ0) is 15.5. The standard InChI is InChI=1S/C18H21NO3/c19-18(21)17-16(14-8-4-5-9-15(14)22-17)13(11-20)10-12-6-2-1-3-7-12/h4-5,8-9,11-13H,1-3,6-7,10H2,(H2,19,21). The molecule has 1 aromatic heterocycles. The van der Waals surface area contributed by atoms with E-state index in [-0.39, 0.29) is 11.7 Å². The SMILES string of the molecule is NC(=O)c1oc2ccccc2c1C(C=O)CC1CCCCC1. The van der Waals surface area contributed by atoms with Gasteiger partial charge in [-0.05, 0) is 18.4 Å². The fourth-order valence-electron chi connectivity index (χ4n) is 3.64. The largest absolute Gasteiger partial charge is 0.451 e. The minimum absolute atomic E-state index is 0.133. The van der Waals surface area contributed by atoms with E-state index in [0.29, 0.717) is 17.1 Å². The van der Waals surface area contributed by atoms with Crippen molar-refractivity contribution in [3.63, 3.8) is 0 Å². The molecule has 0 aliphatic heterocycles. The third-order valence-electron chi connectivity index (χ3n) is 4.70. The maximum atomic E-state index is 11.7. The fourth-order valence-corrected chi connectivity index (χ4v) is 3.64. The van der Waals surface area contributed by atoms with Gasteiger partial charge in [0.25, 0.3) is 5.91 Å². The Kier molecular flexibility index (Phi) is 4.27. The summed E-state index contributed by atoms with van der Waals surface area (Å²) in [6.07, 6.45) is 7.77. The Morgan fingerprint density at radius 3 is 2.68 bits per heavy atom. The predicted molar refractivity (Wildman–Crippen MR) is 84.7 cm³/mol. The van der Waals surface area contributed by atoms with Gasteiger partial charge in [-0.3, -0.25) is 4.79 Å². The molecule has 2 aromatic rings. The monoisotopic (exact) mass is 299 g/mol. The average Bonchev–Trinajstić information content (AvgIpc) is 2.93. The number of amides is 1. The number of furan rings is 1. The van der Waals surface area contributed by atoms with Gasteiger partial charge in [-0.25, -0.2) is 0 Å². The lowest BCUT2D eigenvalue weighted by Gasteiger charge is -2.24. The molecule has 1 fully saturated rings. The number of carbonyl (C=O) groups is 2. The summed E-state index contributed by atoms with van der Waals surface area (Å²) in [5, 5.41) is 0.823. The van der Waals surface area contributed by atoms with Crippen LogP contribution in [0.15, 0.2) is 28.7 Å². The molecule has 4 nitrogen and oxygen atoms in total. The van der Waals surface area contributed by atoms with Crippen molar-refractivity contribution >= 4 is 23.2 Å². The molecular formula is C18H21NO3. The van der Waals surface area contributed by atoms with E-state index in [1.54, 1.807) is 6.07 Å². The molecule has 3 rings (SSSR count). The molecule has 2 N–H and O–H groups in total. The van der Waals surface area contributed by atoms with E-state index in [9.17, 15) is 9.59 Å². The third-order valence-corrected chi connectivity index (χ3v) is 4.70. The molecule has 0 bridgehead atoms. The number of para-hydroxylation sites is 1. The van der Waals surface area contributed by atoms with Crippen molar-refractivity contribution in [1.29, 1.82) is 0 Å². The van der Waals surface area contributed by atoms with Crippen LogP contribution in [0.4, 0.5) is 0 Å². The highest BCUT2D eigenvalue weighted by Gasteiger charge is 2.28. The Labute approximate surface area is 129 Å². The molecule has 1 amide bonds. The minimum Gasteiger partial charge on any atom is -0.451 e. The Bertz CT molecular complexity index is 683. The molecule has 116 valence electrons. The molecule has 1 aromatic carbocycles. The molecule has 0 spiro atoms. The molecule has 1 aliphatic carbocycles. The van der Waals surface area contributed by atoms with Crippen LogP contribution < -0.4 is 5.73 Å². The highest BCUT2D eigenvalue weighted by atomic mass is 16.3. The lowest BCUT2D eigenvalue weighted by atomic mass is 9.80. The van der Waals surface area contributed by atoms with Crippen molar-refractivity contribution < 1.29 is 14.0 Å². The molecule has 1 unspecified atom stereocenters. The van der Waals surface area contributed by atoms with E-state index >= 15 is 0 Å². The van der Waals surface area contributed by atoms with Crippen LogP contribution in [0.2, 0.25) is 0 Å². The number of carbonyl (C=O) groups excluding carboxylic acids is 2. The summed E-state index contributed by atoms with van der Waals surface area (Å²) >= 11 is 0. The van der Waals surface area contributed by atoms with Gasteiger partial charge in [0.05, 0.1) is 0 Å². The molecular weight excluding hydrogens is 278 g/mol. The first-order valence-electron chi connectivity index (χ1n) is 7.97. The van der Waals surface area contributed by atoms with E-state index in [1.807, 2.05) is 18.2 Å². The third kappa shape index (κ3) is 2.78. The highest BCUT2D eigenvalue weighted by molar-refractivity contribution is 6.00. The van der Waals surface area contributed by atoms with Crippen molar-refractivity contribution in [2.24, 2.45) is 11.7 Å². The highest BCUT2D eigenvalue weighted by Crippen LogP contribution is 2.37. The maximum absolute atomic E-state index is 11.7. The van der Waals surface area contributed by atoms with Gasteiger partial charge in [0.15, 0.2) is 5.76 Å². The van der Waals surface area contributed by atoms with Crippen LogP contribution in [0.1, 0.15) is 60.6 Å². The first-order chi connectivity index (χ1) is 10.7. The summed E-state index contributed by atoms with van der Waals surface area (Å²) in [6.45, 7) is 0. The maximum Gasteiger partial charge on any atom is 0.284 e. The lowest BCUT2D eigenvalue weighted by Crippen LogP contribution is -2.17. The number of hydrogen-bond acceptors (Lipinski definition) is 3. The summed E-state index contributed by atoms with van der Waals surface area (Å²) in [7, 11) is 0. The second-order valence-corrected chi connectivity index (χ2v) is 6.19. The number of primary amides is 1.